The zero-order chi connectivity index (χ0) is 17.7. The third kappa shape index (κ3) is 4.59. The highest BCUT2D eigenvalue weighted by Gasteiger charge is 2.21. The molecule has 0 heterocycles. The number of amides is 2. The molecule has 0 saturated carbocycles. The van der Waals surface area contributed by atoms with Crippen molar-refractivity contribution in [3.8, 4) is 0 Å². The van der Waals surface area contributed by atoms with Gasteiger partial charge in [0.05, 0.1) is 6.04 Å². The zero-order valence-corrected chi connectivity index (χ0v) is 14.8. The summed E-state index contributed by atoms with van der Waals surface area (Å²) < 4.78 is 0. The predicted octanol–water partition coefficient (Wildman–Crippen LogP) is 4.20. The van der Waals surface area contributed by atoms with Crippen LogP contribution in [-0.2, 0) is 9.59 Å². The summed E-state index contributed by atoms with van der Waals surface area (Å²) >= 11 is 5.92. The van der Waals surface area contributed by atoms with Gasteiger partial charge in [-0.3, -0.25) is 9.59 Å². The summed E-state index contributed by atoms with van der Waals surface area (Å²) in [6.07, 6.45) is 0. The molecule has 1 atom stereocenters. The number of carbonyl (C=O) groups is 2. The van der Waals surface area contributed by atoms with Crippen molar-refractivity contribution in [1.29, 1.82) is 0 Å². The fourth-order valence-electron chi connectivity index (χ4n) is 2.54. The van der Waals surface area contributed by atoms with Gasteiger partial charge in [-0.05, 0) is 43.2 Å². The van der Waals surface area contributed by atoms with Crippen molar-refractivity contribution in [3.63, 3.8) is 0 Å². The number of nitrogens with one attached hydrogen (secondary N) is 1. The summed E-state index contributed by atoms with van der Waals surface area (Å²) in [4.78, 5) is 25.9. The third-order valence-corrected chi connectivity index (χ3v) is 4.17. The van der Waals surface area contributed by atoms with Gasteiger partial charge in [-0.25, -0.2) is 0 Å². The lowest BCUT2D eigenvalue weighted by atomic mass is 10.1. The fraction of sp³-hybridized carbons (Fsp3) is 0.263. The van der Waals surface area contributed by atoms with E-state index >= 15 is 0 Å². The Hall–Kier alpha value is -2.33. The number of nitrogens with zero attached hydrogens (tertiary/aromatic N) is 1. The highest BCUT2D eigenvalue weighted by molar-refractivity contribution is 6.30. The summed E-state index contributed by atoms with van der Waals surface area (Å²) in [6, 6.07) is 14.7. The van der Waals surface area contributed by atoms with E-state index in [4.69, 9.17) is 11.6 Å². The van der Waals surface area contributed by atoms with Gasteiger partial charge in [-0.15, -0.1) is 0 Å². The van der Waals surface area contributed by atoms with Crippen molar-refractivity contribution < 1.29 is 9.59 Å². The van der Waals surface area contributed by atoms with E-state index in [0.29, 0.717) is 10.7 Å². The molecule has 126 valence electrons. The number of rotatable bonds is 5. The molecule has 2 aromatic carbocycles. The van der Waals surface area contributed by atoms with Gasteiger partial charge in [0.1, 0.15) is 6.54 Å². The Bertz CT molecular complexity index is 731. The molecule has 0 aromatic heterocycles. The maximum Gasteiger partial charge on any atom is 0.244 e. The summed E-state index contributed by atoms with van der Waals surface area (Å²) in [5, 5.41) is 3.46. The monoisotopic (exact) mass is 344 g/mol. The van der Waals surface area contributed by atoms with E-state index in [-0.39, 0.29) is 24.4 Å². The normalized spacial score (nSPS) is 11.7. The Labute approximate surface area is 147 Å². The van der Waals surface area contributed by atoms with E-state index in [2.05, 4.69) is 5.32 Å². The largest absolute Gasteiger partial charge is 0.327 e. The molecule has 0 bridgehead atoms. The van der Waals surface area contributed by atoms with E-state index in [1.807, 2.05) is 44.2 Å². The first-order valence-corrected chi connectivity index (χ1v) is 8.14. The van der Waals surface area contributed by atoms with Crippen molar-refractivity contribution in [2.45, 2.75) is 26.8 Å². The number of benzene rings is 2. The molecule has 5 heteroatoms. The molecule has 2 amide bonds. The van der Waals surface area contributed by atoms with Crippen molar-refractivity contribution in [2.75, 3.05) is 11.9 Å². The van der Waals surface area contributed by atoms with Crippen LogP contribution >= 0.6 is 11.6 Å². The number of carbonyl (C=O) groups excluding carboxylic acids is 2. The molecule has 1 N–H and O–H groups in total. The van der Waals surface area contributed by atoms with E-state index in [9.17, 15) is 9.59 Å². The zero-order valence-electron chi connectivity index (χ0n) is 14.0. The van der Waals surface area contributed by atoms with Gasteiger partial charge < -0.3 is 10.2 Å². The summed E-state index contributed by atoms with van der Waals surface area (Å²) in [5.41, 5.74) is 2.56. The average Bonchev–Trinajstić information content (AvgIpc) is 2.55. The molecule has 0 aliphatic carbocycles. The van der Waals surface area contributed by atoms with Gasteiger partial charge >= 0.3 is 0 Å². The molecule has 1 unspecified atom stereocenters. The SMILES string of the molecule is CC(=O)N(CC(=O)Nc1ccc(Cl)cc1C)C(C)c1ccccc1. The van der Waals surface area contributed by atoms with Gasteiger partial charge in [0.15, 0.2) is 0 Å². The Kier molecular flexibility index (Phi) is 5.99. The lowest BCUT2D eigenvalue weighted by molar-refractivity contribution is -0.134. The molecule has 24 heavy (non-hydrogen) atoms. The number of hydrogen-bond acceptors (Lipinski definition) is 2. The van der Waals surface area contributed by atoms with Crippen molar-refractivity contribution >= 4 is 29.1 Å². The second-order valence-corrected chi connectivity index (χ2v) is 6.18. The molecule has 2 rings (SSSR count). The lowest BCUT2D eigenvalue weighted by Gasteiger charge is -2.28. The fourth-order valence-corrected chi connectivity index (χ4v) is 2.77. The average molecular weight is 345 g/mol. The minimum absolute atomic E-state index is 0.00649. The summed E-state index contributed by atoms with van der Waals surface area (Å²) in [7, 11) is 0. The third-order valence-electron chi connectivity index (χ3n) is 3.93. The molecule has 0 saturated heterocycles. The van der Waals surface area contributed by atoms with Crippen LogP contribution in [0.2, 0.25) is 5.02 Å². The number of anilines is 1. The van der Waals surface area contributed by atoms with Crippen LogP contribution in [0.4, 0.5) is 5.69 Å². The van der Waals surface area contributed by atoms with Crippen LogP contribution in [0.1, 0.15) is 31.0 Å². The molecule has 2 aromatic rings. The van der Waals surface area contributed by atoms with Crippen LogP contribution in [0.25, 0.3) is 0 Å². The van der Waals surface area contributed by atoms with E-state index in [1.165, 1.54) is 6.92 Å². The smallest absolute Gasteiger partial charge is 0.244 e. The Morgan fingerprint density at radius 2 is 1.83 bits per heavy atom. The first kappa shape index (κ1) is 18.0. The van der Waals surface area contributed by atoms with E-state index in [1.54, 1.807) is 23.1 Å². The van der Waals surface area contributed by atoms with Crippen LogP contribution in [-0.4, -0.2) is 23.3 Å². The van der Waals surface area contributed by atoms with Crippen molar-refractivity contribution in [1.82, 2.24) is 4.90 Å². The number of aryl methyl sites for hydroxylation is 1. The standard InChI is InChI=1S/C19H21ClN2O2/c1-13-11-17(20)9-10-18(13)21-19(24)12-22(15(3)23)14(2)16-7-5-4-6-8-16/h4-11,14H,12H2,1-3H3,(H,21,24). The number of hydrogen-bond donors (Lipinski definition) is 1. The molecular formula is C19H21ClN2O2. The maximum absolute atomic E-state index is 12.4. The minimum Gasteiger partial charge on any atom is -0.327 e. The van der Waals surface area contributed by atoms with E-state index < -0.39 is 0 Å². The highest BCUT2D eigenvalue weighted by atomic mass is 35.5. The Balaban J connectivity index is 2.10. The predicted molar refractivity (Wildman–Crippen MR) is 97.1 cm³/mol. The topological polar surface area (TPSA) is 49.4 Å². The second kappa shape index (κ2) is 7.97. The second-order valence-electron chi connectivity index (χ2n) is 5.74. The van der Waals surface area contributed by atoms with Gasteiger partial charge in [0, 0.05) is 17.6 Å². The summed E-state index contributed by atoms with van der Waals surface area (Å²) in [6.45, 7) is 5.25. The molecule has 0 aliphatic rings. The Morgan fingerprint density at radius 3 is 2.42 bits per heavy atom. The lowest BCUT2D eigenvalue weighted by Crippen LogP contribution is -2.38. The summed E-state index contributed by atoms with van der Waals surface area (Å²) in [5.74, 6) is -0.382. The van der Waals surface area contributed by atoms with Crippen LogP contribution in [0.5, 0.6) is 0 Å². The van der Waals surface area contributed by atoms with Gasteiger partial charge in [-0.2, -0.15) is 0 Å². The highest BCUT2D eigenvalue weighted by Crippen LogP contribution is 2.22. The molecule has 0 aliphatic heterocycles. The van der Waals surface area contributed by atoms with Crippen LogP contribution < -0.4 is 5.32 Å². The molecule has 0 spiro atoms. The molecule has 0 radical (unpaired) electrons. The van der Waals surface area contributed by atoms with Crippen LogP contribution in [0.3, 0.4) is 0 Å². The molecule has 0 fully saturated rings. The number of halogens is 1. The first-order chi connectivity index (χ1) is 11.4. The van der Waals surface area contributed by atoms with Crippen molar-refractivity contribution in [2.24, 2.45) is 0 Å². The maximum atomic E-state index is 12.4. The molecular weight excluding hydrogens is 324 g/mol. The quantitative estimate of drug-likeness (QED) is 0.883. The van der Waals surface area contributed by atoms with Gasteiger partial charge in [-0.1, -0.05) is 41.9 Å². The first-order valence-electron chi connectivity index (χ1n) is 7.76. The van der Waals surface area contributed by atoms with Crippen LogP contribution in [0, 0.1) is 6.92 Å². The Morgan fingerprint density at radius 1 is 1.17 bits per heavy atom. The van der Waals surface area contributed by atoms with Gasteiger partial charge in [0.2, 0.25) is 11.8 Å². The molecule has 4 nitrogen and oxygen atoms in total. The van der Waals surface area contributed by atoms with Crippen LogP contribution in [0.15, 0.2) is 48.5 Å². The van der Waals surface area contributed by atoms with E-state index in [0.717, 1.165) is 11.1 Å². The van der Waals surface area contributed by atoms with Crippen molar-refractivity contribution in [3.05, 3.63) is 64.7 Å². The van der Waals surface area contributed by atoms with Gasteiger partial charge in [0.25, 0.3) is 0 Å². The minimum atomic E-state index is -0.238.